The fourth-order valence-corrected chi connectivity index (χ4v) is 4.27. The van der Waals surface area contributed by atoms with Gasteiger partial charge in [0.1, 0.15) is 6.04 Å². The maximum atomic E-state index is 13.2. The molecule has 0 saturated carbocycles. The van der Waals surface area contributed by atoms with Crippen molar-refractivity contribution in [3.05, 3.63) is 59.2 Å². The molecule has 0 radical (unpaired) electrons. The van der Waals surface area contributed by atoms with Gasteiger partial charge in [-0.2, -0.15) is 5.26 Å². The van der Waals surface area contributed by atoms with E-state index in [0.29, 0.717) is 42.1 Å². The Hall–Kier alpha value is -4.26. The number of hydrogen-bond acceptors (Lipinski definition) is 6. The van der Waals surface area contributed by atoms with Crippen LogP contribution in [0.25, 0.3) is 0 Å². The molecule has 1 fully saturated rings. The van der Waals surface area contributed by atoms with Crippen LogP contribution in [0.15, 0.2) is 42.5 Å². The third kappa shape index (κ3) is 6.00. The molecular formula is C25H26N4O6. The van der Waals surface area contributed by atoms with E-state index in [9.17, 15) is 19.5 Å². The van der Waals surface area contributed by atoms with Crippen LogP contribution in [-0.2, 0) is 16.1 Å². The Morgan fingerprint density at radius 2 is 2.00 bits per heavy atom. The van der Waals surface area contributed by atoms with Gasteiger partial charge in [-0.25, -0.2) is 4.79 Å². The van der Waals surface area contributed by atoms with Crippen LogP contribution in [0.1, 0.15) is 48.4 Å². The van der Waals surface area contributed by atoms with Crippen molar-refractivity contribution in [1.82, 2.24) is 15.5 Å². The summed E-state index contributed by atoms with van der Waals surface area (Å²) < 4.78 is 10.6. The Bertz CT molecular complexity index is 1160. The second-order valence-corrected chi connectivity index (χ2v) is 8.50. The Morgan fingerprint density at radius 1 is 1.17 bits per heavy atom. The van der Waals surface area contributed by atoms with Gasteiger partial charge in [0.15, 0.2) is 11.5 Å². The number of hydrogen-bond donors (Lipinski definition) is 3. The number of carbonyl (C=O) groups is 3. The summed E-state index contributed by atoms with van der Waals surface area (Å²) in [5.74, 6) is -0.256. The Kier molecular flexibility index (Phi) is 7.35. The van der Waals surface area contributed by atoms with Crippen molar-refractivity contribution >= 4 is 17.9 Å². The van der Waals surface area contributed by atoms with Gasteiger partial charge < -0.3 is 30.1 Å². The van der Waals surface area contributed by atoms with Gasteiger partial charge in [0.05, 0.1) is 24.1 Å². The molecule has 0 spiro atoms. The molecule has 4 rings (SSSR count). The molecule has 182 valence electrons. The molecule has 2 aliphatic heterocycles. The Morgan fingerprint density at radius 3 is 2.80 bits per heavy atom. The summed E-state index contributed by atoms with van der Waals surface area (Å²) >= 11 is 0. The van der Waals surface area contributed by atoms with Crippen LogP contribution in [-0.4, -0.2) is 47.3 Å². The van der Waals surface area contributed by atoms with Gasteiger partial charge in [-0.15, -0.1) is 0 Å². The highest BCUT2D eigenvalue weighted by Crippen LogP contribution is 2.34. The quantitative estimate of drug-likeness (QED) is 0.556. The van der Waals surface area contributed by atoms with Crippen molar-refractivity contribution < 1.29 is 29.0 Å². The molecule has 0 aliphatic carbocycles. The highest BCUT2D eigenvalue weighted by Gasteiger charge is 2.29. The normalized spacial score (nSPS) is 17.7. The average molecular weight is 479 g/mol. The highest BCUT2D eigenvalue weighted by molar-refractivity contribution is 5.87. The number of amides is 3. The lowest BCUT2D eigenvalue weighted by molar-refractivity contribution is -0.137. The standard InChI is InChI=1S/C25H26N4O6/c26-13-16-4-3-5-17(10-16)14-29-9-2-1-6-19(24(29)32)27-25(33)28-20(12-23(30)31)18-7-8-21-22(11-18)35-15-34-21/h3-5,7-8,10-11,19-20H,1-2,6,9,12,14-15H2,(H,30,31)(H2,27,28,33). The lowest BCUT2D eigenvalue weighted by Gasteiger charge is -2.26. The van der Waals surface area contributed by atoms with Gasteiger partial charge in [-0.3, -0.25) is 9.59 Å². The minimum atomic E-state index is -1.08. The van der Waals surface area contributed by atoms with Crippen LogP contribution in [0.2, 0.25) is 0 Å². The highest BCUT2D eigenvalue weighted by atomic mass is 16.7. The van der Waals surface area contributed by atoms with E-state index in [0.717, 1.165) is 18.4 Å². The molecule has 2 aromatic carbocycles. The zero-order valence-corrected chi connectivity index (χ0v) is 19.0. The van der Waals surface area contributed by atoms with Gasteiger partial charge in [-0.1, -0.05) is 18.2 Å². The maximum Gasteiger partial charge on any atom is 0.315 e. The first-order valence-corrected chi connectivity index (χ1v) is 11.4. The van der Waals surface area contributed by atoms with Crippen molar-refractivity contribution in [2.24, 2.45) is 0 Å². The summed E-state index contributed by atoms with van der Waals surface area (Å²) in [7, 11) is 0. The SMILES string of the molecule is N#Cc1cccc(CN2CCCCC(NC(=O)NC(CC(=O)O)c3ccc4c(c3)OCO4)C2=O)c1. The first kappa shape index (κ1) is 23.9. The number of benzene rings is 2. The summed E-state index contributed by atoms with van der Waals surface area (Å²) in [6.45, 7) is 0.971. The topological polar surface area (TPSA) is 141 Å². The zero-order valence-electron chi connectivity index (χ0n) is 19.0. The minimum Gasteiger partial charge on any atom is -0.481 e. The van der Waals surface area contributed by atoms with Crippen LogP contribution in [0.4, 0.5) is 4.79 Å². The summed E-state index contributed by atoms with van der Waals surface area (Å²) in [5, 5.41) is 23.9. The molecule has 2 aromatic rings. The molecule has 3 N–H and O–H groups in total. The number of carboxylic acids is 1. The van der Waals surface area contributed by atoms with Crippen LogP contribution in [0, 0.1) is 11.3 Å². The molecule has 35 heavy (non-hydrogen) atoms. The number of nitrogens with zero attached hydrogens (tertiary/aromatic N) is 2. The van der Waals surface area contributed by atoms with Crippen LogP contribution < -0.4 is 20.1 Å². The number of nitriles is 1. The molecule has 0 aromatic heterocycles. The van der Waals surface area contributed by atoms with Crippen LogP contribution in [0.3, 0.4) is 0 Å². The number of ether oxygens (including phenoxy) is 2. The fourth-order valence-electron chi connectivity index (χ4n) is 4.27. The van der Waals surface area contributed by atoms with Crippen molar-refractivity contribution in [2.75, 3.05) is 13.3 Å². The molecule has 10 heteroatoms. The molecule has 2 atom stereocenters. The number of aliphatic carboxylic acids is 1. The van der Waals surface area contributed by atoms with E-state index in [1.165, 1.54) is 0 Å². The Labute approximate surface area is 202 Å². The Balaban J connectivity index is 1.43. The molecule has 2 heterocycles. The van der Waals surface area contributed by atoms with Crippen molar-refractivity contribution in [2.45, 2.75) is 44.3 Å². The van der Waals surface area contributed by atoms with Crippen LogP contribution in [0.5, 0.6) is 11.5 Å². The second kappa shape index (κ2) is 10.8. The van der Waals surface area contributed by atoms with E-state index in [1.807, 2.05) is 6.07 Å². The molecule has 3 amide bonds. The lowest BCUT2D eigenvalue weighted by atomic mass is 10.0. The predicted octanol–water partition coefficient (Wildman–Crippen LogP) is 2.68. The van der Waals surface area contributed by atoms with E-state index < -0.39 is 24.1 Å². The van der Waals surface area contributed by atoms with E-state index in [1.54, 1.807) is 41.3 Å². The van der Waals surface area contributed by atoms with Gasteiger partial charge in [0, 0.05) is 13.1 Å². The second-order valence-electron chi connectivity index (χ2n) is 8.50. The molecule has 1 saturated heterocycles. The molecular weight excluding hydrogens is 452 g/mol. The van der Waals surface area contributed by atoms with Gasteiger partial charge in [0.2, 0.25) is 12.7 Å². The summed E-state index contributed by atoms with van der Waals surface area (Å²) in [5.41, 5.74) is 1.91. The monoisotopic (exact) mass is 478 g/mol. The van der Waals surface area contributed by atoms with Crippen LogP contribution >= 0.6 is 0 Å². The predicted molar refractivity (Wildman–Crippen MR) is 123 cm³/mol. The van der Waals surface area contributed by atoms with Crippen molar-refractivity contribution in [1.29, 1.82) is 5.26 Å². The summed E-state index contributed by atoms with van der Waals surface area (Å²) in [6, 6.07) is 12.0. The number of rotatable bonds is 7. The summed E-state index contributed by atoms with van der Waals surface area (Å²) in [4.78, 5) is 39.2. The minimum absolute atomic E-state index is 0.0808. The number of urea groups is 1. The van der Waals surface area contributed by atoms with Crippen molar-refractivity contribution in [3.8, 4) is 17.6 Å². The number of carboxylic acid groups (broad SMARTS) is 1. The first-order valence-electron chi connectivity index (χ1n) is 11.4. The number of carbonyl (C=O) groups excluding carboxylic acids is 2. The number of likely N-dealkylation sites (tertiary alicyclic amines) is 1. The zero-order chi connectivity index (χ0) is 24.8. The third-order valence-electron chi connectivity index (χ3n) is 6.00. The van der Waals surface area contributed by atoms with Gasteiger partial charge in [-0.05, 0) is 54.7 Å². The lowest BCUT2D eigenvalue weighted by Crippen LogP contribution is -2.50. The van der Waals surface area contributed by atoms with Gasteiger partial charge in [0.25, 0.3) is 0 Å². The van der Waals surface area contributed by atoms with E-state index in [-0.39, 0.29) is 19.1 Å². The molecule has 10 nitrogen and oxygen atoms in total. The molecule has 0 bridgehead atoms. The largest absolute Gasteiger partial charge is 0.481 e. The molecule has 2 unspecified atom stereocenters. The third-order valence-corrected chi connectivity index (χ3v) is 6.00. The maximum absolute atomic E-state index is 13.2. The average Bonchev–Trinajstić information content (AvgIpc) is 3.25. The van der Waals surface area contributed by atoms with E-state index in [4.69, 9.17) is 14.7 Å². The van der Waals surface area contributed by atoms with Gasteiger partial charge >= 0.3 is 12.0 Å². The van der Waals surface area contributed by atoms with E-state index in [2.05, 4.69) is 16.7 Å². The first-order chi connectivity index (χ1) is 16.9. The number of fused-ring (bicyclic) bond motifs is 1. The van der Waals surface area contributed by atoms with E-state index >= 15 is 0 Å². The smallest absolute Gasteiger partial charge is 0.315 e. The number of nitrogens with one attached hydrogen (secondary N) is 2. The summed E-state index contributed by atoms with van der Waals surface area (Å²) in [6.07, 6.45) is 1.69. The fraction of sp³-hybridized carbons (Fsp3) is 0.360. The van der Waals surface area contributed by atoms with Crippen molar-refractivity contribution in [3.63, 3.8) is 0 Å². The molecule has 2 aliphatic rings.